The number of thiophene rings is 1. The lowest BCUT2D eigenvalue weighted by Gasteiger charge is -2.05. The van der Waals surface area contributed by atoms with Gasteiger partial charge in [0.05, 0.1) is 29.5 Å². The molecular formula is C23H16N4O2S. The van der Waals surface area contributed by atoms with Crippen LogP contribution in [0.25, 0.3) is 31.8 Å². The highest BCUT2D eigenvalue weighted by molar-refractivity contribution is 7.25. The van der Waals surface area contributed by atoms with Crippen molar-refractivity contribution in [2.75, 3.05) is 0 Å². The Labute approximate surface area is 175 Å². The first kappa shape index (κ1) is 18.3. The van der Waals surface area contributed by atoms with Gasteiger partial charge in [-0.05, 0) is 6.92 Å². The standard InChI is InChI=1S/C23H16N4O2S/c1-14-18-19-20(30-22(18)26-21(25-14)16-10-6-3-7-11-16)23(29)27(13-24-19)12-17(28)15-8-4-2-5-9-15/h2-11,13H,12H2,1H3. The highest BCUT2D eigenvalue weighted by Crippen LogP contribution is 2.32. The molecule has 30 heavy (non-hydrogen) atoms. The van der Waals surface area contributed by atoms with Crippen molar-refractivity contribution >= 4 is 37.6 Å². The van der Waals surface area contributed by atoms with Crippen LogP contribution in [0.3, 0.4) is 0 Å². The second kappa shape index (κ2) is 7.27. The normalized spacial score (nSPS) is 11.2. The summed E-state index contributed by atoms with van der Waals surface area (Å²) in [4.78, 5) is 40.1. The molecule has 0 saturated carbocycles. The number of carbonyl (C=O) groups excluding carboxylic acids is 1. The zero-order valence-electron chi connectivity index (χ0n) is 16.1. The summed E-state index contributed by atoms with van der Waals surface area (Å²) in [5.41, 5.74) is 2.59. The van der Waals surface area contributed by atoms with Crippen LogP contribution >= 0.6 is 11.3 Å². The van der Waals surface area contributed by atoms with Gasteiger partial charge < -0.3 is 0 Å². The van der Waals surface area contributed by atoms with E-state index < -0.39 is 0 Å². The van der Waals surface area contributed by atoms with Crippen LogP contribution in [0.2, 0.25) is 0 Å². The van der Waals surface area contributed by atoms with E-state index >= 15 is 0 Å². The van der Waals surface area contributed by atoms with Crippen LogP contribution in [0.15, 0.2) is 71.8 Å². The second-order valence-electron chi connectivity index (χ2n) is 6.93. The van der Waals surface area contributed by atoms with Crippen molar-refractivity contribution in [2.24, 2.45) is 0 Å². The molecule has 5 aromatic rings. The minimum Gasteiger partial charge on any atom is -0.292 e. The zero-order chi connectivity index (χ0) is 20.7. The lowest BCUT2D eigenvalue weighted by atomic mass is 10.1. The van der Waals surface area contributed by atoms with Crippen LogP contribution in [-0.4, -0.2) is 25.3 Å². The Morgan fingerprint density at radius 2 is 1.70 bits per heavy atom. The largest absolute Gasteiger partial charge is 0.292 e. The first-order valence-electron chi connectivity index (χ1n) is 9.42. The summed E-state index contributed by atoms with van der Waals surface area (Å²) in [5, 5.41) is 0.785. The fourth-order valence-corrected chi connectivity index (χ4v) is 4.56. The first-order valence-corrected chi connectivity index (χ1v) is 10.2. The maximum Gasteiger partial charge on any atom is 0.271 e. The predicted molar refractivity (Wildman–Crippen MR) is 118 cm³/mol. The Morgan fingerprint density at radius 1 is 1.00 bits per heavy atom. The van der Waals surface area contributed by atoms with Crippen LogP contribution in [0.4, 0.5) is 0 Å². The molecule has 0 atom stereocenters. The Hall–Kier alpha value is -3.71. The lowest BCUT2D eigenvalue weighted by molar-refractivity contribution is 0.0970. The molecule has 6 nitrogen and oxygen atoms in total. The van der Waals surface area contributed by atoms with Crippen LogP contribution in [-0.2, 0) is 6.54 Å². The van der Waals surface area contributed by atoms with Crippen LogP contribution in [0, 0.1) is 6.92 Å². The van der Waals surface area contributed by atoms with Gasteiger partial charge in [0.2, 0.25) is 0 Å². The number of fused-ring (bicyclic) bond motifs is 3. The highest BCUT2D eigenvalue weighted by atomic mass is 32.1. The number of ketones is 1. The molecule has 3 heterocycles. The van der Waals surface area contributed by atoms with Crippen molar-refractivity contribution in [3.05, 3.63) is 88.6 Å². The maximum atomic E-state index is 13.1. The van der Waals surface area contributed by atoms with Gasteiger partial charge >= 0.3 is 0 Å². The van der Waals surface area contributed by atoms with E-state index in [9.17, 15) is 9.59 Å². The van der Waals surface area contributed by atoms with Gasteiger partial charge in [0.25, 0.3) is 5.56 Å². The Bertz CT molecular complexity index is 1460. The summed E-state index contributed by atoms with van der Waals surface area (Å²) in [6.07, 6.45) is 1.43. The number of hydrogen-bond donors (Lipinski definition) is 0. The molecule has 3 aromatic heterocycles. The third-order valence-electron chi connectivity index (χ3n) is 4.93. The molecule has 0 bridgehead atoms. The smallest absolute Gasteiger partial charge is 0.271 e. The fraction of sp³-hybridized carbons (Fsp3) is 0.0870. The third-order valence-corrected chi connectivity index (χ3v) is 5.99. The molecule has 0 radical (unpaired) electrons. The molecule has 0 amide bonds. The van der Waals surface area contributed by atoms with E-state index in [1.807, 2.05) is 43.3 Å². The number of hydrogen-bond acceptors (Lipinski definition) is 6. The van der Waals surface area contributed by atoms with Gasteiger partial charge in [-0.15, -0.1) is 11.3 Å². The summed E-state index contributed by atoms with van der Waals surface area (Å²) >= 11 is 1.29. The number of aromatic nitrogens is 4. The average molecular weight is 412 g/mol. The van der Waals surface area contributed by atoms with Crippen molar-refractivity contribution in [1.82, 2.24) is 19.5 Å². The number of benzene rings is 2. The number of aryl methyl sites for hydroxylation is 1. The van der Waals surface area contributed by atoms with Gasteiger partial charge in [0.1, 0.15) is 9.53 Å². The number of Topliss-reactive ketones (excluding diaryl/α,β-unsaturated/α-hetero) is 1. The third kappa shape index (κ3) is 3.09. The number of carbonyl (C=O) groups is 1. The van der Waals surface area contributed by atoms with Gasteiger partial charge in [-0.1, -0.05) is 60.7 Å². The van der Waals surface area contributed by atoms with Gasteiger partial charge in [-0.3, -0.25) is 14.2 Å². The van der Waals surface area contributed by atoms with E-state index in [0.29, 0.717) is 26.4 Å². The SMILES string of the molecule is Cc1nc(-c2ccccc2)nc2sc3c(=O)n(CC(=O)c4ccccc4)cnc3c12. The molecular weight excluding hydrogens is 396 g/mol. The highest BCUT2D eigenvalue weighted by Gasteiger charge is 2.18. The van der Waals surface area contributed by atoms with Crippen LogP contribution in [0.5, 0.6) is 0 Å². The average Bonchev–Trinajstić information content (AvgIpc) is 3.17. The van der Waals surface area contributed by atoms with Crippen molar-refractivity contribution in [2.45, 2.75) is 13.5 Å². The molecule has 5 rings (SSSR count). The van der Waals surface area contributed by atoms with Crippen molar-refractivity contribution in [3.8, 4) is 11.4 Å². The van der Waals surface area contributed by atoms with Gasteiger partial charge in [0, 0.05) is 11.1 Å². The van der Waals surface area contributed by atoms with Gasteiger partial charge in [-0.2, -0.15) is 0 Å². The number of rotatable bonds is 4. The minimum absolute atomic E-state index is 0.0556. The van der Waals surface area contributed by atoms with Crippen LogP contribution < -0.4 is 5.56 Å². The van der Waals surface area contributed by atoms with E-state index in [1.165, 1.54) is 22.2 Å². The minimum atomic E-state index is -0.243. The lowest BCUT2D eigenvalue weighted by Crippen LogP contribution is -2.24. The summed E-state index contributed by atoms with van der Waals surface area (Å²) < 4.78 is 1.84. The van der Waals surface area contributed by atoms with Crippen molar-refractivity contribution in [1.29, 1.82) is 0 Å². The van der Waals surface area contributed by atoms with E-state index in [1.54, 1.807) is 24.3 Å². The summed E-state index contributed by atoms with van der Waals surface area (Å²) in [7, 11) is 0. The van der Waals surface area contributed by atoms with E-state index in [-0.39, 0.29) is 17.9 Å². The molecule has 0 N–H and O–H groups in total. The summed E-state index contributed by atoms with van der Waals surface area (Å²) in [5.74, 6) is 0.481. The Kier molecular flexibility index (Phi) is 4.44. The molecule has 7 heteroatoms. The quantitative estimate of drug-likeness (QED) is 0.412. The molecule has 0 aliphatic heterocycles. The molecule has 0 unspecified atom stereocenters. The molecule has 0 fully saturated rings. The summed E-state index contributed by atoms with van der Waals surface area (Å²) in [6.45, 7) is 1.84. The summed E-state index contributed by atoms with van der Waals surface area (Å²) in [6, 6.07) is 18.7. The van der Waals surface area contributed by atoms with Crippen molar-refractivity contribution in [3.63, 3.8) is 0 Å². The van der Waals surface area contributed by atoms with E-state index in [2.05, 4.69) is 15.0 Å². The van der Waals surface area contributed by atoms with Crippen LogP contribution in [0.1, 0.15) is 16.1 Å². The molecule has 0 aliphatic rings. The second-order valence-corrected chi connectivity index (χ2v) is 7.92. The molecule has 146 valence electrons. The van der Waals surface area contributed by atoms with E-state index in [4.69, 9.17) is 0 Å². The Morgan fingerprint density at radius 3 is 2.43 bits per heavy atom. The van der Waals surface area contributed by atoms with Crippen molar-refractivity contribution < 1.29 is 4.79 Å². The zero-order valence-corrected chi connectivity index (χ0v) is 16.9. The molecule has 2 aromatic carbocycles. The fourth-order valence-electron chi connectivity index (χ4n) is 3.43. The Balaban J connectivity index is 1.61. The number of nitrogens with zero attached hydrogens (tertiary/aromatic N) is 4. The maximum absolute atomic E-state index is 13.1. The van der Waals surface area contributed by atoms with Gasteiger partial charge in [0.15, 0.2) is 11.6 Å². The first-order chi connectivity index (χ1) is 14.6. The topological polar surface area (TPSA) is 77.7 Å². The molecule has 0 spiro atoms. The molecule has 0 saturated heterocycles. The molecule has 0 aliphatic carbocycles. The monoisotopic (exact) mass is 412 g/mol. The van der Waals surface area contributed by atoms with Gasteiger partial charge in [-0.25, -0.2) is 15.0 Å². The predicted octanol–water partition coefficient (Wildman–Crippen LogP) is 4.26. The van der Waals surface area contributed by atoms with E-state index in [0.717, 1.165) is 16.6 Å².